The maximum absolute atomic E-state index is 12.7. The van der Waals surface area contributed by atoms with Crippen LogP contribution in [0, 0.1) is 5.41 Å². The van der Waals surface area contributed by atoms with E-state index in [2.05, 4.69) is 10.1 Å². The Hall–Kier alpha value is -3.47. The van der Waals surface area contributed by atoms with Gasteiger partial charge in [-0.05, 0) is 41.6 Å². The second-order valence-electron chi connectivity index (χ2n) is 8.13. The number of benzene rings is 2. The summed E-state index contributed by atoms with van der Waals surface area (Å²) < 4.78 is 11.1. The topological polar surface area (TPSA) is 108 Å². The summed E-state index contributed by atoms with van der Waals surface area (Å²) >= 11 is 7.31. The van der Waals surface area contributed by atoms with Crippen LogP contribution in [-0.4, -0.2) is 64.1 Å². The van der Waals surface area contributed by atoms with Gasteiger partial charge in [-0.15, -0.1) is 0 Å². The van der Waals surface area contributed by atoms with E-state index in [0.29, 0.717) is 54.3 Å². The Labute approximate surface area is 216 Å². The average Bonchev–Trinajstić information content (AvgIpc) is 3.29. The monoisotopic (exact) mass is 523 g/mol. The van der Waals surface area contributed by atoms with Crippen molar-refractivity contribution in [3.05, 3.63) is 70.3 Å². The smallest absolute Gasteiger partial charge is 0.283 e. The Morgan fingerprint density at radius 2 is 1.92 bits per heavy atom. The number of ether oxygens (including phenoxy) is 2. The summed E-state index contributed by atoms with van der Waals surface area (Å²) in [7, 11) is 0. The maximum Gasteiger partial charge on any atom is 0.283 e. The molecule has 11 heteroatoms. The number of thioether (sulfide) groups is 1. The third-order valence-electron chi connectivity index (χ3n) is 5.71. The van der Waals surface area contributed by atoms with Crippen molar-refractivity contribution in [2.24, 2.45) is 10.1 Å². The molecule has 1 N–H and O–H groups in total. The second kappa shape index (κ2) is 10.7. The summed E-state index contributed by atoms with van der Waals surface area (Å²) in [5.74, 6) is -0.00729. The minimum Gasteiger partial charge on any atom is -0.489 e. The fraction of sp³-hybridized carbons (Fsp3) is 0.240. The molecule has 0 bridgehead atoms. The van der Waals surface area contributed by atoms with Crippen molar-refractivity contribution in [2.75, 3.05) is 26.3 Å². The molecule has 2 amide bonds. The molecule has 0 spiro atoms. The zero-order valence-electron chi connectivity index (χ0n) is 19.1. The average molecular weight is 524 g/mol. The lowest BCUT2D eigenvalue weighted by molar-refractivity contribution is -0.133. The summed E-state index contributed by atoms with van der Waals surface area (Å²) in [6.07, 6.45) is 1.69. The number of morpholine rings is 1. The van der Waals surface area contributed by atoms with Gasteiger partial charge in [0.15, 0.2) is 5.84 Å². The molecule has 5 rings (SSSR count). The Balaban J connectivity index is 1.25. The van der Waals surface area contributed by atoms with E-state index in [0.717, 1.165) is 17.3 Å². The Kier molecular flexibility index (Phi) is 7.17. The Bertz CT molecular complexity index is 1300. The van der Waals surface area contributed by atoms with Gasteiger partial charge in [0.1, 0.15) is 17.4 Å². The lowest BCUT2D eigenvalue weighted by atomic mass is 10.1. The lowest BCUT2D eigenvalue weighted by Crippen LogP contribution is -2.41. The van der Waals surface area contributed by atoms with Gasteiger partial charge in [-0.25, -0.2) is 0 Å². The summed E-state index contributed by atoms with van der Waals surface area (Å²) in [6.45, 7) is 2.47. The minimum atomic E-state index is -0.520. The number of carbonyl (C=O) groups is 2. The van der Waals surface area contributed by atoms with Crippen LogP contribution in [0.1, 0.15) is 17.5 Å². The van der Waals surface area contributed by atoms with Crippen LogP contribution in [0.5, 0.6) is 5.75 Å². The maximum atomic E-state index is 12.7. The van der Waals surface area contributed by atoms with Gasteiger partial charge in [0.05, 0.1) is 25.2 Å². The number of hydrogen-bond donors (Lipinski definition) is 1. The van der Waals surface area contributed by atoms with Crippen LogP contribution in [-0.2, 0) is 20.9 Å². The van der Waals surface area contributed by atoms with Crippen LogP contribution < -0.4 is 4.74 Å². The van der Waals surface area contributed by atoms with Gasteiger partial charge in [0.2, 0.25) is 11.1 Å². The number of halogens is 1. The molecular weight excluding hydrogens is 502 g/mol. The van der Waals surface area contributed by atoms with E-state index in [4.69, 9.17) is 26.5 Å². The van der Waals surface area contributed by atoms with Gasteiger partial charge >= 0.3 is 0 Å². The normalized spacial score (nSPS) is 18.8. The highest BCUT2D eigenvalue weighted by molar-refractivity contribution is 8.27. The zero-order valence-corrected chi connectivity index (χ0v) is 20.7. The number of fused-ring (bicyclic) bond motifs is 1. The quantitative estimate of drug-likeness (QED) is 0.577. The van der Waals surface area contributed by atoms with Gasteiger partial charge < -0.3 is 14.4 Å². The highest BCUT2D eigenvalue weighted by atomic mass is 35.5. The number of hydrogen-bond acceptors (Lipinski definition) is 7. The van der Waals surface area contributed by atoms with Crippen molar-refractivity contribution in [1.82, 2.24) is 9.91 Å². The zero-order chi connectivity index (χ0) is 25.1. The van der Waals surface area contributed by atoms with E-state index < -0.39 is 5.91 Å². The molecule has 2 aromatic rings. The SMILES string of the molecule is N=C1C(=Cc2ccc(OCc3ccccc3Cl)cc2)C(=O)N=C2SC(CC(=O)N3CCOCC3)=NN12. The van der Waals surface area contributed by atoms with Crippen molar-refractivity contribution in [1.29, 1.82) is 5.41 Å². The number of amides is 2. The van der Waals surface area contributed by atoms with Crippen LogP contribution in [0.2, 0.25) is 5.02 Å². The van der Waals surface area contributed by atoms with E-state index in [1.54, 1.807) is 35.2 Å². The van der Waals surface area contributed by atoms with Gasteiger partial charge in [-0.2, -0.15) is 15.1 Å². The molecule has 3 heterocycles. The van der Waals surface area contributed by atoms with Crippen molar-refractivity contribution in [3.8, 4) is 5.75 Å². The largest absolute Gasteiger partial charge is 0.489 e. The molecule has 3 aliphatic heterocycles. The molecule has 1 fully saturated rings. The fourth-order valence-electron chi connectivity index (χ4n) is 3.76. The third-order valence-corrected chi connectivity index (χ3v) is 6.98. The molecule has 0 aliphatic carbocycles. The first-order chi connectivity index (χ1) is 17.5. The molecule has 2 aromatic carbocycles. The number of carbonyl (C=O) groups excluding carboxylic acids is 2. The number of amidine groups is 2. The number of nitrogens with zero attached hydrogens (tertiary/aromatic N) is 4. The Morgan fingerprint density at radius 1 is 1.17 bits per heavy atom. The first-order valence-corrected chi connectivity index (χ1v) is 12.5. The van der Waals surface area contributed by atoms with Gasteiger partial charge in [0.25, 0.3) is 5.91 Å². The molecule has 0 atom stereocenters. The number of aliphatic imine (C=N–C) groups is 1. The first-order valence-electron chi connectivity index (χ1n) is 11.3. The molecule has 3 aliphatic rings. The lowest BCUT2D eigenvalue weighted by Gasteiger charge is -2.26. The highest BCUT2D eigenvalue weighted by Gasteiger charge is 2.36. The van der Waals surface area contributed by atoms with E-state index >= 15 is 0 Å². The summed E-state index contributed by atoms with van der Waals surface area (Å²) in [5.41, 5.74) is 1.72. The highest BCUT2D eigenvalue weighted by Crippen LogP contribution is 2.30. The molecule has 0 radical (unpaired) electrons. The predicted octanol–water partition coefficient (Wildman–Crippen LogP) is 3.79. The van der Waals surface area contributed by atoms with Crippen molar-refractivity contribution in [2.45, 2.75) is 13.0 Å². The van der Waals surface area contributed by atoms with Crippen LogP contribution in [0.15, 0.2) is 64.2 Å². The predicted molar refractivity (Wildman–Crippen MR) is 139 cm³/mol. The number of hydrazone groups is 1. The summed E-state index contributed by atoms with van der Waals surface area (Å²) in [6, 6.07) is 14.6. The molecule has 0 unspecified atom stereocenters. The standard InChI is InChI=1S/C25H22ClN5O4S/c26-20-4-2-1-3-17(20)15-35-18-7-5-16(6-8-18)13-19-23(27)31-25(28-24(19)33)36-21(29-31)14-22(32)30-9-11-34-12-10-30/h1-8,13,27H,9-12,14-15H2. The van der Waals surface area contributed by atoms with E-state index in [1.807, 2.05) is 24.3 Å². The first kappa shape index (κ1) is 24.2. The Morgan fingerprint density at radius 3 is 2.67 bits per heavy atom. The molecule has 9 nitrogen and oxygen atoms in total. The molecule has 184 valence electrons. The van der Waals surface area contributed by atoms with Crippen LogP contribution in [0.25, 0.3) is 6.08 Å². The van der Waals surface area contributed by atoms with E-state index in [1.165, 1.54) is 5.01 Å². The third kappa shape index (κ3) is 5.35. The minimum absolute atomic E-state index is 0.0598. The van der Waals surface area contributed by atoms with Crippen molar-refractivity contribution >= 4 is 57.3 Å². The van der Waals surface area contributed by atoms with E-state index in [-0.39, 0.29) is 28.9 Å². The second-order valence-corrected chi connectivity index (χ2v) is 9.58. The van der Waals surface area contributed by atoms with Crippen molar-refractivity contribution < 1.29 is 19.1 Å². The molecule has 1 saturated heterocycles. The van der Waals surface area contributed by atoms with Crippen LogP contribution in [0.4, 0.5) is 0 Å². The summed E-state index contributed by atoms with van der Waals surface area (Å²) in [4.78, 5) is 31.0. The number of rotatable bonds is 6. The van der Waals surface area contributed by atoms with Gasteiger partial charge in [-0.1, -0.05) is 41.9 Å². The molecule has 0 saturated carbocycles. The van der Waals surface area contributed by atoms with Gasteiger partial charge in [-0.3, -0.25) is 15.0 Å². The fourth-order valence-corrected chi connectivity index (χ4v) is 4.83. The van der Waals surface area contributed by atoms with Gasteiger partial charge in [0, 0.05) is 23.7 Å². The molecular formula is C25H22ClN5O4S. The molecule has 36 heavy (non-hydrogen) atoms. The van der Waals surface area contributed by atoms with Crippen LogP contribution >= 0.6 is 23.4 Å². The van der Waals surface area contributed by atoms with Crippen molar-refractivity contribution in [3.63, 3.8) is 0 Å². The van der Waals surface area contributed by atoms with Crippen LogP contribution in [0.3, 0.4) is 0 Å². The summed E-state index contributed by atoms with van der Waals surface area (Å²) in [5, 5.41) is 15.7. The van der Waals surface area contributed by atoms with E-state index in [9.17, 15) is 9.59 Å². The molecule has 0 aromatic heterocycles. The number of nitrogens with one attached hydrogen (secondary N) is 1.